The van der Waals surface area contributed by atoms with Crippen molar-refractivity contribution < 1.29 is 9.90 Å². The number of carbonyl (C=O) groups is 1. The van der Waals surface area contributed by atoms with Crippen molar-refractivity contribution >= 4 is 23.0 Å². The van der Waals surface area contributed by atoms with Crippen LogP contribution in [0.15, 0.2) is 90.0 Å². The van der Waals surface area contributed by atoms with Gasteiger partial charge in [-0.3, -0.25) is 9.80 Å². The molecule has 0 spiro atoms. The third-order valence-corrected chi connectivity index (χ3v) is 4.53. The molecule has 4 rings (SSSR count). The number of nitrogens with zero attached hydrogens (tertiary/aromatic N) is 2. The highest BCUT2D eigenvalue weighted by molar-refractivity contribution is 6.44. The van der Waals surface area contributed by atoms with Crippen LogP contribution in [0.3, 0.4) is 0 Å². The number of hydrogen-bond acceptors (Lipinski definition) is 4. The highest BCUT2D eigenvalue weighted by Crippen LogP contribution is 2.35. The molecular formula is C22H19N3O2. The molecule has 0 radical (unpaired) electrons. The van der Waals surface area contributed by atoms with Crippen molar-refractivity contribution in [1.29, 1.82) is 0 Å². The van der Waals surface area contributed by atoms with Gasteiger partial charge in [0.1, 0.15) is 11.5 Å². The quantitative estimate of drug-likeness (QED) is 0.683. The molecule has 0 bridgehead atoms. The number of amides is 1. The van der Waals surface area contributed by atoms with E-state index in [9.17, 15) is 9.90 Å². The molecule has 1 amide bonds. The Labute approximate surface area is 157 Å². The number of benzene rings is 3. The number of aromatic hydroxyl groups is 1. The maximum atomic E-state index is 12.7. The van der Waals surface area contributed by atoms with Gasteiger partial charge in [0.15, 0.2) is 0 Å². The van der Waals surface area contributed by atoms with Gasteiger partial charge in [-0.15, -0.1) is 0 Å². The van der Waals surface area contributed by atoms with Crippen LogP contribution >= 0.6 is 0 Å². The maximum Gasteiger partial charge on any atom is 0.272 e. The second kappa shape index (κ2) is 7.33. The summed E-state index contributed by atoms with van der Waals surface area (Å²) >= 11 is 0. The van der Waals surface area contributed by atoms with Crippen LogP contribution in [0.1, 0.15) is 18.0 Å². The third-order valence-electron chi connectivity index (χ3n) is 4.53. The lowest BCUT2D eigenvalue weighted by molar-refractivity contribution is -0.110. The molecule has 134 valence electrons. The molecule has 0 saturated heterocycles. The van der Waals surface area contributed by atoms with Crippen molar-refractivity contribution in [3.8, 4) is 5.75 Å². The smallest absolute Gasteiger partial charge is 0.272 e. The molecule has 1 aliphatic heterocycles. The summed E-state index contributed by atoms with van der Waals surface area (Å²) < 4.78 is 0. The van der Waals surface area contributed by atoms with E-state index in [-0.39, 0.29) is 17.7 Å². The summed E-state index contributed by atoms with van der Waals surface area (Å²) in [7, 11) is 0. The SMILES string of the molecule is O=C(Nc1ccccc1O)C1=NN(c2ccccc2)C(c2ccccc2)C1. The van der Waals surface area contributed by atoms with Crippen molar-refractivity contribution in [2.75, 3.05) is 10.3 Å². The molecule has 3 aromatic carbocycles. The topological polar surface area (TPSA) is 64.9 Å². The molecule has 0 aliphatic carbocycles. The molecule has 27 heavy (non-hydrogen) atoms. The van der Waals surface area contributed by atoms with Crippen molar-refractivity contribution in [1.82, 2.24) is 0 Å². The van der Waals surface area contributed by atoms with E-state index >= 15 is 0 Å². The fourth-order valence-electron chi connectivity index (χ4n) is 3.17. The third kappa shape index (κ3) is 3.53. The van der Waals surface area contributed by atoms with Crippen LogP contribution in [-0.4, -0.2) is 16.7 Å². The van der Waals surface area contributed by atoms with E-state index in [0.29, 0.717) is 17.8 Å². The number of hydrogen-bond donors (Lipinski definition) is 2. The van der Waals surface area contributed by atoms with Gasteiger partial charge in [-0.2, -0.15) is 5.10 Å². The zero-order valence-electron chi connectivity index (χ0n) is 14.6. The Hall–Kier alpha value is -3.60. The van der Waals surface area contributed by atoms with E-state index in [2.05, 4.69) is 10.4 Å². The molecule has 0 aromatic heterocycles. The summed E-state index contributed by atoms with van der Waals surface area (Å²) in [5.74, 6) is -0.278. The molecule has 5 heteroatoms. The predicted octanol–water partition coefficient (Wildman–Crippen LogP) is 4.34. The van der Waals surface area contributed by atoms with Gasteiger partial charge in [-0.1, -0.05) is 60.7 Å². The Morgan fingerprint density at radius 3 is 2.26 bits per heavy atom. The average molecular weight is 357 g/mol. The van der Waals surface area contributed by atoms with Crippen molar-refractivity contribution in [3.63, 3.8) is 0 Å². The molecule has 1 atom stereocenters. The first-order chi connectivity index (χ1) is 13.2. The summed E-state index contributed by atoms with van der Waals surface area (Å²) in [5, 5.41) is 19.1. The van der Waals surface area contributed by atoms with Crippen LogP contribution in [0.5, 0.6) is 5.75 Å². The van der Waals surface area contributed by atoms with Gasteiger partial charge in [0.2, 0.25) is 0 Å². The number of carbonyl (C=O) groups excluding carboxylic acids is 1. The van der Waals surface area contributed by atoms with Gasteiger partial charge in [0.05, 0.1) is 17.4 Å². The summed E-state index contributed by atoms with van der Waals surface area (Å²) in [6.45, 7) is 0. The number of phenolic OH excluding ortho intramolecular Hbond substituents is 1. The van der Waals surface area contributed by atoms with Crippen molar-refractivity contribution in [2.45, 2.75) is 12.5 Å². The van der Waals surface area contributed by atoms with Gasteiger partial charge < -0.3 is 10.4 Å². The Morgan fingerprint density at radius 2 is 1.56 bits per heavy atom. The molecule has 5 nitrogen and oxygen atoms in total. The zero-order valence-corrected chi connectivity index (χ0v) is 14.6. The average Bonchev–Trinajstić information content (AvgIpc) is 3.17. The summed E-state index contributed by atoms with van der Waals surface area (Å²) in [6.07, 6.45) is 0.484. The van der Waals surface area contributed by atoms with E-state index in [1.807, 2.05) is 65.7 Å². The molecule has 1 aliphatic rings. The Balaban J connectivity index is 1.63. The van der Waals surface area contributed by atoms with Crippen LogP contribution < -0.4 is 10.3 Å². The number of para-hydroxylation sites is 3. The highest BCUT2D eigenvalue weighted by Gasteiger charge is 2.32. The number of phenols is 1. The lowest BCUT2D eigenvalue weighted by Gasteiger charge is -2.23. The number of nitrogens with one attached hydrogen (secondary N) is 1. The Morgan fingerprint density at radius 1 is 0.926 bits per heavy atom. The largest absolute Gasteiger partial charge is 0.506 e. The minimum absolute atomic E-state index is 0.0315. The zero-order chi connectivity index (χ0) is 18.6. The van der Waals surface area contributed by atoms with Gasteiger partial charge >= 0.3 is 0 Å². The Kier molecular flexibility index (Phi) is 4.58. The lowest BCUT2D eigenvalue weighted by atomic mass is 10.0. The first-order valence-corrected chi connectivity index (χ1v) is 8.78. The monoisotopic (exact) mass is 357 g/mol. The fraction of sp³-hybridized carbons (Fsp3) is 0.0909. The van der Waals surface area contributed by atoms with Crippen LogP contribution in [0.2, 0.25) is 0 Å². The molecule has 0 saturated carbocycles. The first-order valence-electron chi connectivity index (χ1n) is 8.78. The Bertz CT molecular complexity index is 971. The van der Waals surface area contributed by atoms with Gasteiger partial charge in [-0.05, 0) is 29.8 Å². The van der Waals surface area contributed by atoms with E-state index in [1.54, 1.807) is 18.2 Å². The molecule has 2 N–H and O–H groups in total. The standard InChI is InChI=1S/C22H19N3O2/c26-21-14-8-7-13-18(21)23-22(27)19-15-20(16-9-3-1-4-10-16)25(24-19)17-11-5-2-6-12-17/h1-14,20,26H,15H2,(H,23,27). The second-order valence-electron chi connectivity index (χ2n) is 6.33. The summed E-state index contributed by atoms with van der Waals surface area (Å²) in [4.78, 5) is 12.7. The maximum absolute atomic E-state index is 12.7. The number of rotatable bonds is 4. The second-order valence-corrected chi connectivity index (χ2v) is 6.33. The highest BCUT2D eigenvalue weighted by atomic mass is 16.3. The van der Waals surface area contributed by atoms with Crippen LogP contribution in [0, 0.1) is 0 Å². The fourth-order valence-corrected chi connectivity index (χ4v) is 3.17. The number of anilines is 2. The lowest BCUT2D eigenvalue weighted by Crippen LogP contribution is -2.22. The first kappa shape index (κ1) is 16.8. The minimum Gasteiger partial charge on any atom is -0.506 e. The van der Waals surface area contributed by atoms with E-state index in [1.165, 1.54) is 6.07 Å². The van der Waals surface area contributed by atoms with Gasteiger partial charge in [0, 0.05) is 6.42 Å². The summed E-state index contributed by atoms with van der Waals surface area (Å²) in [6, 6.07) is 26.4. The number of hydrazone groups is 1. The van der Waals surface area contributed by atoms with Crippen LogP contribution in [0.4, 0.5) is 11.4 Å². The van der Waals surface area contributed by atoms with E-state index < -0.39 is 0 Å². The normalized spacial score (nSPS) is 16.1. The van der Waals surface area contributed by atoms with Crippen LogP contribution in [-0.2, 0) is 4.79 Å². The van der Waals surface area contributed by atoms with Gasteiger partial charge in [0.25, 0.3) is 5.91 Å². The van der Waals surface area contributed by atoms with Gasteiger partial charge in [-0.25, -0.2) is 0 Å². The molecule has 1 unspecified atom stereocenters. The molecule has 3 aromatic rings. The van der Waals surface area contributed by atoms with Crippen LogP contribution in [0.25, 0.3) is 0 Å². The predicted molar refractivity (Wildman–Crippen MR) is 107 cm³/mol. The summed E-state index contributed by atoms with van der Waals surface area (Å²) in [5.41, 5.74) is 2.82. The van der Waals surface area contributed by atoms with Crippen molar-refractivity contribution in [2.24, 2.45) is 5.10 Å². The molecule has 0 fully saturated rings. The molecule has 1 heterocycles. The minimum atomic E-state index is -0.309. The van der Waals surface area contributed by atoms with Crippen molar-refractivity contribution in [3.05, 3.63) is 90.5 Å². The van der Waals surface area contributed by atoms with E-state index in [0.717, 1.165) is 11.3 Å². The molecular weight excluding hydrogens is 338 g/mol. The van der Waals surface area contributed by atoms with E-state index in [4.69, 9.17) is 0 Å².